The van der Waals surface area contributed by atoms with Crippen molar-refractivity contribution >= 4 is 11.5 Å². The number of amidine groups is 1. The molecule has 0 aliphatic carbocycles. The van der Waals surface area contributed by atoms with Gasteiger partial charge < -0.3 is 10.6 Å². The van der Waals surface area contributed by atoms with E-state index in [1.807, 2.05) is 24.3 Å². The maximum absolute atomic E-state index is 7.37. The highest BCUT2D eigenvalue weighted by molar-refractivity contribution is 5.95. The zero-order chi connectivity index (χ0) is 11.4. The summed E-state index contributed by atoms with van der Waals surface area (Å²) < 4.78 is 0. The molecule has 0 amide bonds. The maximum atomic E-state index is 7.37. The van der Waals surface area contributed by atoms with Gasteiger partial charge in [-0.05, 0) is 18.1 Å². The summed E-state index contributed by atoms with van der Waals surface area (Å²) in [5.41, 5.74) is 7.34. The number of rotatable bonds is 4. The number of nitrogens with one attached hydrogen (secondary N) is 1. The van der Waals surface area contributed by atoms with Crippen molar-refractivity contribution in [3.8, 4) is 0 Å². The van der Waals surface area contributed by atoms with Crippen LogP contribution in [0.5, 0.6) is 0 Å². The monoisotopic (exact) mass is 205 g/mol. The molecule has 0 spiro atoms. The van der Waals surface area contributed by atoms with Gasteiger partial charge in [-0.3, -0.25) is 5.41 Å². The molecule has 0 aromatic heterocycles. The number of nitrogens with zero attached hydrogens (tertiary/aromatic N) is 1. The first kappa shape index (κ1) is 11.6. The lowest BCUT2D eigenvalue weighted by atomic mass is 10.1. The van der Waals surface area contributed by atoms with Gasteiger partial charge in [-0.1, -0.05) is 26.0 Å². The lowest BCUT2D eigenvalue weighted by Gasteiger charge is -2.21. The van der Waals surface area contributed by atoms with Crippen molar-refractivity contribution in [3.63, 3.8) is 0 Å². The number of nitrogens with two attached hydrogens (primary N) is 1. The van der Waals surface area contributed by atoms with Crippen molar-refractivity contribution in [1.29, 1.82) is 5.41 Å². The molecule has 0 atom stereocenters. The Bertz CT molecular complexity index is 344. The van der Waals surface area contributed by atoms with Gasteiger partial charge in [-0.25, -0.2) is 0 Å². The summed E-state index contributed by atoms with van der Waals surface area (Å²) in [4.78, 5) is 2.18. The lowest BCUT2D eigenvalue weighted by Crippen LogP contribution is -2.23. The van der Waals surface area contributed by atoms with Crippen molar-refractivity contribution < 1.29 is 0 Å². The Kier molecular flexibility index (Phi) is 3.72. The third-order valence-corrected chi connectivity index (χ3v) is 2.24. The molecule has 0 aliphatic heterocycles. The van der Waals surface area contributed by atoms with Crippen LogP contribution in [0.3, 0.4) is 0 Å². The van der Waals surface area contributed by atoms with Crippen molar-refractivity contribution in [3.05, 3.63) is 29.8 Å². The van der Waals surface area contributed by atoms with Crippen LogP contribution in [0.1, 0.15) is 19.4 Å². The molecule has 3 N–H and O–H groups in total. The van der Waals surface area contributed by atoms with Gasteiger partial charge >= 0.3 is 0 Å². The van der Waals surface area contributed by atoms with Crippen LogP contribution in [0.2, 0.25) is 0 Å². The van der Waals surface area contributed by atoms with Crippen LogP contribution < -0.4 is 10.6 Å². The minimum atomic E-state index is 0.120. The summed E-state index contributed by atoms with van der Waals surface area (Å²) in [6, 6.07) is 7.78. The molecule has 3 heteroatoms. The Balaban J connectivity index is 2.85. The van der Waals surface area contributed by atoms with Gasteiger partial charge in [0.1, 0.15) is 5.84 Å². The van der Waals surface area contributed by atoms with E-state index in [1.165, 1.54) is 0 Å². The van der Waals surface area contributed by atoms with Crippen LogP contribution in [0, 0.1) is 11.3 Å². The van der Waals surface area contributed by atoms with Crippen LogP contribution in [0.15, 0.2) is 24.3 Å². The van der Waals surface area contributed by atoms with Crippen molar-refractivity contribution in [2.45, 2.75) is 13.8 Å². The quantitative estimate of drug-likeness (QED) is 0.584. The molecule has 15 heavy (non-hydrogen) atoms. The average Bonchev–Trinajstić information content (AvgIpc) is 2.17. The standard InChI is InChI=1S/C12H19N3/c1-9(2)8-15(3)11-6-4-5-10(7-11)12(13)14/h4-7,9H,8H2,1-3H3,(H3,13,14). The van der Waals surface area contributed by atoms with Gasteiger partial charge in [0.25, 0.3) is 0 Å². The molecule has 1 aromatic rings. The zero-order valence-corrected chi connectivity index (χ0v) is 9.62. The number of nitrogen functional groups attached to an aromatic ring is 1. The van der Waals surface area contributed by atoms with Crippen molar-refractivity contribution in [2.24, 2.45) is 11.7 Å². The van der Waals surface area contributed by atoms with Gasteiger partial charge in [0.15, 0.2) is 0 Å². The van der Waals surface area contributed by atoms with Crippen LogP contribution in [-0.2, 0) is 0 Å². The Hall–Kier alpha value is -1.51. The van der Waals surface area contributed by atoms with E-state index in [0.29, 0.717) is 5.92 Å². The topological polar surface area (TPSA) is 53.1 Å². The van der Waals surface area contributed by atoms with Gasteiger partial charge in [-0.2, -0.15) is 0 Å². The van der Waals surface area contributed by atoms with E-state index in [0.717, 1.165) is 17.8 Å². The Labute approximate surface area is 91.4 Å². The molecule has 1 rings (SSSR count). The first-order chi connectivity index (χ1) is 7.00. The van der Waals surface area contributed by atoms with E-state index in [1.54, 1.807) is 0 Å². The maximum Gasteiger partial charge on any atom is 0.122 e. The molecule has 0 radical (unpaired) electrons. The van der Waals surface area contributed by atoms with Crippen LogP contribution in [0.4, 0.5) is 5.69 Å². The third-order valence-electron chi connectivity index (χ3n) is 2.24. The normalized spacial score (nSPS) is 10.4. The number of anilines is 1. The van der Waals surface area contributed by atoms with Gasteiger partial charge in [0, 0.05) is 24.8 Å². The number of benzene rings is 1. The molecular weight excluding hydrogens is 186 g/mol. The minimum Gasteiger partial charge on any atom is -0.384 e. The highest BCUT2D eigenvalue weighted by atomic mass is 15.1. The largest absolute Gasteiger partial charge is 0.384 e. The van der Waals surface area contributed by atoms with Crippen LogP contribution in [-0.4, -0.2) is 19.4 Å². The first-order valence-electron chi connectivity index (χ1n) is 5.16. The summed E-state index contributed by atoms with van der Waals surface area (Å²) in [7, 11) is 2.05. The first-order valence-corrected chi connectivity index (χ1v) is 5.16. The summed E-state index contributed by atoms with van der Waals surface area (Å²) in [5.74, 6) is 0.741. The van der Waals surface area contributed by atoms with Crippen LogP contribution >= 0.6 is 0 Å². The Morgan fingerprint density at radius 1 is 1.47 bits per heavy atom. The summed E-state index contributed by atoms with van der Waals surface area (Å²) in [6.45, 7) is 5.37. The van der Waals surface area contributed by atoms with E-state index >= 15 is 0 Å². The molecule has 1 aromatic carbocycles. The molecule has 3 nitrogen and oxygen atoms in total. The van der Waals surface area contributed by atoms with Gasteiger partial charge in [0.05, 0.1) is 0 Å². The van der Waals surface area contributed by atoms with E-state index in [-0.39, 0.29) is 5.84 Å². The van der Waals surface area contributed by atoms with E-state index in [4.69, 9.17) is 11.1 Å². The number of hydrogen-bond donors (Lipinski definition) is 2. The van der Waals surface area contributed by atoms with Crippen LogP contribution in [0.25, 0.3) is 0 Å². The SMILES string of the molecule is CC(C)CN(C)c1cccc(C(=N)N)c1. The number of hydrogen-bond acceptors (Lipinski definition) is 2. The van der Waals surface area contributed by atoms with E-state index in [2.05, 4.69) is 25.8 Å². The second-order valence-corrected chi connectivity index (χ2v) is 4.24. The molecular formula is C12H19N3. The molecule has 0 aliphatic rings. The van der Waals surface area contributed by atoms with E-state index in [9.17, 15) is 0 Å². The lowest BCUT2D eigenvalue weighted by molar-refractivity contribution is 0.638. The fourth-order valence-corrected chi connectivity index (χ4v) is 1.56. The highest BCUT2D eigenvalue weighted by Gasteiger charge is 2.04. The fraction of sp³-hybridized carbons (Fsp3) is 0.417. The van der Waals surface area contributed by atoms with Crippen molar-refractivity contribution in [1.82, 2.24) is 0 Å². The Morgan fingerprint density at radius 2 is 2.13 bits per heavy atom. The molecule has 0 heterocycles. The molecule has 0 saturated heterocycles. The molecule has 0 fully saturated rings. The smallest absolute Gasteiger partial charge is 0.122 e. The minimum absolute atomic E-state index is 0.120. The molecule has 82 valence electrons. The Morgan fingerprint density at radius 3 is 2.67 bits per heavy atom. The fourth-order valence-electron chi connectivity index (χ4n) is 1.56. The highest BCUT2D eigenvalue weighted by Crippen LogP contribution is 2.15. The molecule has 0 bridgehead atoms. The molecule has 0 saturated carbocycles. The second kappa shape index (κ2) is 4.82. The van der Waals surface area contributed by atoms with E-state index < -0.39 is 0 Å². The third kappa shape index (κ3) is 3.27. The van der Waals surface area contributed by atoms with Crippen molar-refractivity contribution in [2.75, 3.05) is 18.5 Å². The predicted molar refractivity (Wildman–Crippen MR) is 65.6 cm³/mol. The zero-order valence-electron chi connectivity index (χ0n) is 9.62. The van der Waals surface area contributed by atoms with Gasteiger partial charge in [-0.15, -0.1) is 0 Å². The van der Waals surface area contributed by atoms with Gasteiger partial charge in [0.2, 0.25) is 0 Å². The summed E-state index contributed by atoms with van der Waals surface area (Å²) in [6.07, 6.45) is 0. The summed E-state index contributed by atoms with van der Waals surface area (Å²) >= 11 is 0. The summed E-state index contributed by atoms with van der Waals surface area (Å²) in [5, 5.41) is 7.37. The average molecular weight is 205 g/mol. The molecule has 0 unspecified atom stereocenters. The second-order valence-electron chi connectivity index (χ2n) is 4.24. The predicted octanol–water partition coefficient (Wildman–Crippen LogP) is 2.06.